The van der Waals surface area contributed by atoms with Crippen LogP contribution >= 0.6 is 27.3 Å². The summed E-state index contributed by atoms with van der Waals surface area (Å²) in [6.07, 6.45) is 0. The van der Waals surface area contributed by atoms with Crippen molar-refractivity contribution in [2.45, 2.75) is 0 Å². The fraction of sp³-hybridized carbons (Fsp3) is 0. The van der Waals surface area contributed by atoms with Crippen molar-refractivity contribution < 1.29 is 4.39 Å². The highest BCUT2D eigenvalue weighted by atomic mass is 79.9. The molecule has 3 N–H and O–H groups in total. The van der Waals surface area contributed by atoms with Gasteiger partial charge in [0.15, 0.2) is 5.82 Å². The fourth-order valence-electron chi connectivity index (χ4n) is 1.93. The lowest BCUT2D eigenvalue weighted by molar-refractivity contribution is 0.631. The van der Waals surface area contributed by atoms with Crippen molar-refractivity contribution in [1.29, 1.82) is 0 Å². The highest BCUT2D eigenvalue weighted by Gasteiger charge is 2.19. The Kier molecular flexibility index (Phi) is 3.12. The normalized spacial score (nSPS) is 10.8. The molecule has 2 heterocycles. The van der Waals surface area contributed by atoms with Crippen molar-refractivity contribution in [3.63, 3.8) is 0 Å². The number of aromatic amines is 1. The highest BCUT2D eigenvalue weighted by molar-refractivity contribution is 9.10. The Morgan fingerprint density at radius 1 is 1.26 bits per heavy atom. The summed E-state index contributed by atoms with van der Waals surface area (Å²) in [5.41, 5.74) is 7.65. The minimum absolute atomic E-state index is 0.292. The van der Waals surface area contributed by atoms with Crippen molar-refractivity contribution in [2.75, 3.05) is 5.73 Å². The fourth-order valence-corrected chi connectivity index (χ4v) is 3.50. The van der Waals surface area contributed by atoms with E-state index in [1.54, 1.807) is 18.2 Å². The molecular formula is C13H9BrFN3S. The Labute approximate surface area is 121 Å². The molecule has 0 amide bonds. The second kappa shape index (κ2) is 4.79. The van der Waals surface area contributed by atoms with E-state index in [4.69, 9.17) is 5.73 Å². The molecule has 0 atom stereocenters. The van der Waals surface area contributed by atoms with Crippen LogP contribution in [0.1, 0.15) is 0 Å². The number of nitrogens with one attached hydrogen (secondary N) is 1. The summed E-state index contributed by atoms with van der Waals surface area (Å²) < 4.78 is 14.9. The monoisotopic (exact) mass is 337 g/mol. The van der Waals surface area contributed by atoms with Crippen LogP contribution in [-0.4, -0.2) is 10.2 Å². The number of nitrogens with two attached hydrogens (primary N) is 1. The van der Waals surface area contributed by atoms with Crippen LogP contribution in [0, 0.1) is 5.82 Å². The number of H-pyrrole nitrogens is 1. The zero-order valence-corrected chi connectivity index (χ0v) is 12.1. The summed E-state index contributed by atoms with van der Waals surface area (Å²) in [5, 5.41) is 8.83. The van der Waals surface area contributed by atoms with Crippen molar-refractivity contribution >= 4 is 33.1 Å². The van der Waals surface area contributed by atoms with E-state index in [0.717, 1.165) is 15.0 Å². The van der Waals surface area contributed by atoms with E-state index in [-0.39, 0.29) is 5.82 Å². The largest absolute Gasteiger partial charge is 0.382 e. The second-order valence-corrected chi connectivity index (χ2v) is 5.71. The third-order valence-electron chi connectivity index (χ3n) is 2.78. The average Bonchev–Trinajstić information content (AvgIpc) is 2.96. The first-order chi connectivity index (χ1) is 9.18. The molecule has 2 aromatic heterocycles. The molecule has 0 fully saturated rings. The minimum Gasteiger partial charge on any atom is -0.382 e. The SMILES string of the molecule is Nc1n[nH]c(-c2sccc2Br)c1-c1ccccc1F. The van der Waals surface area contributed by atoms with Gasteiger partial charge < -0.3 is 5.73 Å². The van der Waals surface area contributed by atoms with Gasteiger partial charge in [-0.2, -0.15) is 5.10 Å². The van der Waals surface area contributed by atoms with E-state index in [0.29, 0.717) is 16.9 Å². The lowest BCUT2D eigenvalue weighted by atomic mass is 10.0. The standard InChI is InChI=1S/C13H9BrFN3S/c14-8-5-6-19-12(8)11-10(13(16)18-17-11)7-3-1-2-4-9(7)15/h1-6H,(H3,16,17,18). The molecule has 0 aliphatic carbocycles. The van der Waals surface area contributed by atoms with Crippen LogP contribution in [0.3, 0.4) is 0 Å². The zero-order valence-electron chi connectivity index (χ0n) is 9.65. The zero-order chi connectivity index (χ0) is 13.4. The number of nitrogens with zero attached hydrogens (tertiary/aromatic N) is 1. The molecule has 0 aliphatic heterocycles. The topological polar surface area (TPSA) is 54.7 Å². The Morgan fingerprint density at radius 2 is 2.05 bits per heavy atom. The molecule has 0 aliphatic rings. The van der Waals surface area contributed by atoms with Gasteiger partial charge in [0, 0.05) is 10.0 Å². The highest BCUT2D eigenvalue weighted by Crippen LogP contribution is 2.41. The molecule has 0 spiro atoms. The van der Waals surface area contributed by atoms with Gasteiger partial charge in [-0.15, -0.1) is 11.3 Å². The van der Waals surface area contributed by atoms with Crippen LogP contribution in [0.5, 0.6) is 0 Å². The predicted octanol–water partition coefficient (Wildman–Crippen LogP) is 4.29. The van der Waals surface area contributed by atoms with Crippen molar-refractivity contribution in [2.24, 2.45) is 0 Å². The lowest BCUT2D eigenvalue weighted by Crippen LogP contribution is -1.91. The molecule has 0 unspecified atom stereocenters. The number of rotatable bonds is 2. The van der Waals surface area contributed by atoms with Gasteiger partial charge in [-0.05, 0) is 33.4 Å². The molecule has 19 heavy (non-hydrogen) atoms. The molecule has 1 aromatic carbocycles. The van der Waals surface area contributed by atoms with E-state index in [9.17, 15) is 4.39 Å². The van der Waals surface area contributed by atoms with E-state index < -0.39 is 0 Å². The van der Waals surface area contributed by atoms with Gasteiger partial charge in [-0.3, -0.25) is 5.10 Å². The van der Waals surface area contributed by atoms with E-state index >= 15 is 0 Å². The molecule has 3 aromatic rings. The molecule has 0 radical (unpaired) electrons. The Balaban J connectivity index is 2.26. The number of hydrogen-bond donors (Lipinski definition) is 2. The molecule has 0 saturated heterocycles. The number of halogens is 2. The summed E-state index contributed by atoms with van der Waals surface area (Å²) in [5.74, 6) is -0.0232. The maximum atomic E-state index is 13.9. The second-order valence-electron chi connectivity index (χ2n) is 3.94. The first-order valence-corrected chi connectivity index (χ1v) is 7.18. The van der Waals surface area contributed by atoms with Crippen LogP contribution in [0.25, 0.3) is 21.7 Å². The molecule has 6 heteroatoms. The summed E-state index contributed by atoms with van der Waals surface area (Å²) in [6, 6.07) is 8.46. The minimum atomic E-state index is -0.315. The Bertz CT molecular complexity index is 735. The summed E-state index contributed by atoms with van der Waals surface area (Å²) in [7, 11) is 0. The van der Waals surface area contributed by atoms with Crippen molar-refractivity contribution in [3.8, 4) is 21.7 Å². The van der Waals surface area contributed by atoms with Crippen molar-refractivity contribution in [3.05, 3.63) is 46.0 Å². The quantitative estimate of drug-likeness (QED) is 0.732. The van der Waals surface area contributed by atoms with Crippen LogP contribution < -0.4 is 5.73 Å². The first kappa shape index (κ1) is 12.4. The van der Waals surface area contributed by atoms with Gasteiger partial charge in [0.2, 0.25) is 0 Å². The van der Waals surface area contributed by atoms with Crippen LogP contribution in [0.4, 0.5) is 10.2 Å². The van der Waals surface area contributed by atoms with E-state index in [1.165, 1.54) is 17.4 Å². The predicted molar refractivity (Wildman–Crippen MR) is 79.4 cm³/mol. The van der Waals surface area contributed by atoms with Gasteiger partial charge in [-0.1, -0.05) is 18.2 Å². The number of hydrogen-bond acceptors (Lipinski definition) is 3. The van der Waals surface area contributed by atoms with Gasteiger partial charge in [0.25, 0.3) is 0 Å². The van der Waals surface area contributed by atoms with Crippen molar-refractivity contribution in [1.82, 2.24) is 10.2 Å². The first-order valence-electron chi connectivity index (χ1n) is 5.50. The van der Waals surface area contributed by atoms with Gasteiger partial charge in [-0.25, -0.2) is 4.39 Å². The molecule has 3 rings (SSSR count). The molecule has 3 nitrogen and oxygen atoms in total. The number of benzene rings is 1. The number of aromatic nitrogens is 2. The summed E-state index contributed by atoms with van der Waals surface area (Å²) >= 11 is 5.00. The smallest absolute Gasteiger partial charge is 0.153 e. The molecule has 96 valence electrons. The van der Waals surface area contributed by atoms with E-state index in [2.05, 4.69) is 26.1 Å². The molecule has 0 bridgehead atoms. The molecular weight excluding hydrogens is 329 g/mol. The molecule has 0 saturated carbocycles. The van der Waals surface area contributed by atoms with E-state index in [1.807, 2.05) is 11.4 Å². The van der Waals surface area contributed by atoms with Gasteiger partial charge in [0.1, 0.15) is 5.82 Å². The Morgan fingerprint density at radius 3 is 2.74 bits per heavy atom. The number of nitrogen functional groups attached to an aromatic ring is 1. The summed E-state index contributed by atoms with van der Waals surface area (Å²) in [6.45, 7) is 0. The maximum absolute atomic E-state index is 13.9. The van der Waals surface area contributed by atoms with Crippen LogP contribution in [0.15, 0.2) is 40.2 Å². The Hall–Kier alpha value is -1.66. The summed E-state index contributed by atoms with van der Waals surface area (Å²) in [4.78, 5) is 0.947. The van der Waals surface area contributed by atoms with Gasteiger partial charge in [0.05, 0.1) is 16.1 Å². The number of thiophene rings is 1. The van der Waals surface area contributed by atoms with Crippen LogP contribution in [-0.2, 0) is 0 Å². The lowest BCUT2D eigenvalue weighted by Gasteiger charge is -2.04. The van der Waals surface area contributed by atoms with Gasteiger partial charge >= 0.3 is 0 Å². The number of anilines is 1. The third kappa shape index (κ3) is 2.06. The average molecular weight is 338 g/mol. The third-order valence-corrected chi connectivity index (χ3v) is 4.64. The maximum Gasteiger partial charge on any atom is 0.153 e. The van der Waals surface area contributed by atoms with Crippen LogP contribution in [0.2, 0.25) is 0 Å².